The minimum atomic E-state index is -1.25. The molecule has 4 heterocycles. The van der Waals surface area contributed by atoms with E-state index < -0.39 is 12.1 Å². The van der Waals surface area contributed by atoms with E-state index in [2.05, 4.69) is 73.7 Å². The molecule has 4 N–H and O–H groups in total. The summed E-state index contributed by atoms with van der Waals surface area (Å²) in [6.07, 6.45) is 12.7. The Labute approximate surface area is 315 Å². The molecule has 54 heavy (non-hydrogen) atoms. The molecule has 1 saturated carbocycles. The number of aromatic amines is 2. The third kappa shape index (κ3) is 7.53. The first-order chi connectivity index (χ1) is 26.4. The minimum absolute atomic E-state index is 0.0197. The molecule has 3 amide bonds. The number of hydrogen-bond acceptors (Lipinski definition) is 5. The molecule has 2 saturated heterocycles. The Morgan fingerprint density at radius 2 is 1.19 bits per heavy atom. The van der Waals surface area contributed by atoms with Crippen LogP contribution in [-0.4, -0.2) is 65.8 Å². The maximum Gasteiger partial charge on any atom is 0.405 e. The topological polar surface area (TPSA) is 147 Å². The minimum Gasteiger partial charge on any atom is -0.465 e. The number of likely N-dealkylation sites (tertiary alicyclic amines) is 2. The van der Waals surface area contributed by atoms with Crippen molar-refractivity contribution in [3.8, 4) is 33.6 Å². The van der Waals surface area contributed by atoms with Gasteiger partial charge in [0.1, 0.15) is 17.7 Å². The Balaban J connectivity index is 0.913. The van der Waals surface area contributed by atoms with Crippen molar-refractivity contribution in [2.45, 2.75) is 82.3 Å². The second-order valence-corrected chi connectivity index (χ2v) is 15.0. The van der Waals surface area contributed by atoms with Crippen molar-refractivity contribution in [1.82, 2.24) is 35.1 Å². The van der Waals surface area contributed by atoms with Crippen LogP contribution in [0.3, 0.4) is 0 Å². The van der Waals surface area contributed by atoms with Gasteiger partial charge in [-0.1, -0.05) is 98.1 Å². The molecule has 0 unspecified atom stereocenters. The zero-order chi connectivity index (χ0) is 37.0. The number of rotatable bonds is 10. The van der Waals surface area contributed by atoms with Crippen molar-refractivity contribution in [2.75, 3.05) is 13.1 Å². The quantitative estimate of drug-likeness (QED) is 0.114. The Kier molecular flexibility index (Phi) is 10.3. The van der Waals surface area contributed by atoms with Gasteiger partial charge in [-0.2, -0.15) is 0 Å². The molecule has 2 aromatic heterocycles. The fourth-order valence-electron chi connectivity index (χ4n) is 8.63. The fraction of sp³-hybridized carbons (Fsp3) is 0.372. The van der Waals surface area contributed by atoms with Gasteiger partial charge >= 0.3 is 6.09 Å². The largest absolute Gasteiger partial charge is 0.465 e. The molecular formula is C43H47N7O4. The number of amides is 3. The third-order valence-corrected chi connectivity index (χ3v) is 11.5. The summed E-state index contributed by atoms with van der Waals surface area (Å²) in [6.45, 7) is 1.34. The average molecular weight is 726 g/mol. The van der Waals surface area contributed by atoms with Gasteiger partial charge in [0.2, 0.25) is 5.91 Å². The summed E-state index contributed by atoms with van der Waals surface area (Å²) in [5.74, 6) is 2.09. The normalized spacial score (nSPS) is 19.6. The van der Waals surface area contributed by atoms with Gasteiger partial charge in [0.15, 0.2) is 0 Å². The number of H-pyrrole nitrogens is 2. The van der Waals surface area contributed by atoms with Crippen LogP contribution < -0.4 is 5.32 Å². The highest BCUT2D eigenvalue weighted by atomic mass is 16.4. The molecule has 5 aromatic rings. The highest BCUT2D eigenvalue weighted by Gasteiger charge is 2.37. The van der Waals surface area contributed by atoms with E-state index in [0.29, 0.717) is 30.3 Å². The molecule has 0 radical (unpaired) electrons. The lowest BCUT2D eigenvalue weighted by atomic mass is 9.86. The molecule has 278 valence electrons. The fourth-order valence-corrected chi connectivity index (χ4v) is 8.63. The molecule has 11 nitrogen and oxygen atoms in total. The lowest BCUT2D eigenvalue weighted by Crippen LogP contribution is -2.42. The Bertz CT molecular complexity index is 2070. The molecule has 3 aromatic carbocycles. The number of aromatic nitrogens is 4. The van der Waals surface area contributed by atoms with Crippen molar-refractivity contribution >= 4 is 17.9 Å². The van der Waals surface area contributed by atoms with Crippen molar-refractivity contribution in [3.63, 3.8) is 0 Å². The van der Waals surface area contributed by atoms with Gasteiger partial charge in [-0.25, -0.2) is 14.8 Å². The summed E-state index contributed by atoms with van der Waals surface area (Å²) in [4.78, 5) is 58.8. The summed E-state index contributed by atoms with van der Waals surface area (Å²) >= 11 is 0. The van der Waals surface area contributed by atoms with E-state index in [1.54, 1.807) is 35.4 Å². The van der Waals surface area contributed by atoms with Gasteiger partial charge in [0, 0.05) is 19.5 Å². The van der Waals surface area contributed by atoms with Crippen LogP contribution >= 0.6 is 0 Å². The summed E-state index contributed by atoms with van der Waals surface area (Å²) < 4.78 is 0. The van der Waals surface area contributed by atoms with Crippen LogP contribution in [-0.2, 0) is 9.59 Å². The molecule has 3 fully saturated rings. The lowest BCUT2D eigenvalue weighted by Gasteiger charge is -2.28. The third-order valence-electron chi connectivity index (χ3n) is 11.5. The summed E-state index contributed by atoms with van der Waals surface area (Å²) in [6, 6.07) is 24.4. The highest BCUT2D eigenvalue weighted by molar-refractivity contribution is 5.87. The number of hydrogen-bond donors (Lipinski definition) is 4. The predicted molar refractivity (Wildman–Crippen MR) is 206 cm³/mol. The van der Waals surface area contributed by atoms with E-state index in [1.807, 2.05) is 12.3 Å². The van der Waals surface area contributed by atoms with Crippen molar-refractivity contribution in [1.29, 1.82) is 0 Å². The molecule has 11 heteroatoms. The lowest BCUT2D eigenvalue weighted by molar-refractivity contribution is -0.135. The van der Waals surface area contributed by atoms with Gasteiger partial charge in [0.25, 0.3) is 5.91 Å². The second kappa shape index (κ2) is 15.7. The number of nitrogens with one attached hydrogen (secondary N) is 3. The van der Waals surface area contributed by atoms with Crippen LogP contribution in [0.2, 0.25) is 0 Å². The van der Waals surface area contributed by atoms with E-state index >= 15 is 0 Å². The molecule has 0 spiro atoms. The smallest absolute Gasteiger partial charge is 0.405 e. The molecule has 2 aliphatic heterocycles. The molecule has 1 aliphatic carbocycles. The first kappa shape index (κ1) is 35.3. The van der Waals surface area contributed by atoms with Crippen LogP contribution in [0.5, 0.6) is 0 Å². The molecule has 3 atom stereocenters. The number of carbonyl (C=O) groups excluding carboxylic acids is 2. The van der Waals surface area contributed by atoms with E-state index in [4.69, 9.17) is 4.98 Å². The predicted octanol–water partition coefficient (Wildman–Crippen LogP) is 8.44. The van der Waals surface area contributed by atoms with Gasteiger partial charge in [-0.3, -0.25) is 9.59 Å². The first-order valence-electron chi connectivity index (χ1n) is 19.4. The highest BCUT2D eigenvalue weighted by Crippen LogP contribution is 2.36. The molecule has 8 rings (SSSR count). The monoisotopic (exact) mass is 725 g/mol. The molecular weight excluding hydrogens is 679 g/mol. The Morgan fingerprint density at radius 1 is 0.667 bits per heavy atom. The van der Waals surface area contributed by atoms with Crippen molar-refractivity contribution in [3.05, 3.63) is 108 Å². The van der Waals surface area contributed by atoms with Crippen LogP contribution in [0.25, 0.3) is 33.6 Å². The standard InChI is InChI=1S/C43H47N7O4/c51-38(25-28-9-3-1-4-10-28)49-23-7-13-36(49)40-44-26-34(46-40)31-19-15-29(16-20-31)30-17-21-32(22-18-30)35-27-45-41(47-35)37-14-8-24-50(37)42(52)39(48-43(53)54)33-11-5-2-6-12-33/h2,5-6,11-12,15-22,26-28,36-37,39,48H,1,3-4,7-10,13-14,23-25H2,(H,44,46)(H,45,47)(H,53,54)/t36-,37-,39+/m0/s1. The van der Waals surface area contributed by atoms with Crippen LogP contribution in [0.1, 0.15) is 99.5 Å². The number of nitrogens with zero attached hydrogens (tertiary/aromatic N) is 4. The first-order valence-corrected chi connectivity index (χ1v) is 19.4. The van der Waals surface area contributed by atoms with E-state index in [0.717, 1.165) is 71.7 Å². The SMILES string of the molecule is O=C(O)N[C@@H](C(=O)N1CCC[C@H]1c1ncc(-c2ccc(-c3ccc(-c4cnc([C@@H]5CCCN5C(=O)CC5CCCCC5)[nH]4)cc3)cc2)[nH]1)c1ccccc1. The Hall–Kier alpha value is -5.71. The number of carbonyl (C=O) groups is 3. The van der Waals surface area contributed by atoms with Gasteiger partial charge in [-0.15, -0.1) is 0 Å². The zero-order valence-corrected chi connectivity index (χ0v) is 30.4. The second-order valence-electron chi connectivity index (χ2n) is 15.0. The zero-order valence-electron chi connectivity index (χ0n) is 30.4. The van der Waals surface area contributed by atoms with Gasteiger partial charge in [-0.05, 0) is 72.3 Å². The summed E-state index contributed by atoms with van der Waals surface area (Å²) in [5, 5.41) is 11.9. The molecule has 0 bridgehead atoms. The van der Waals surface area contributed by atoms with E-state index in [-0.39, 0.29) is 23.9 Å². The van der Waals surface area contributed by atoms with Crippen molar-refractivity contribution < 1.29 is 19.5 Å². The van der Waals surface area contributed by atoms with Gasteiger partial charge in [0.05, 0.1) is 35.9 Å². The maximum atomic E-state index is 13.7. The summed E-state index contributed by atoms with van der Waals surface area (Å²) in [7, 11) is 0. The maximum absolute atomic E-state index is 13.7. The van der Waals surface area contributed by atoms with Gasteiger partial charge < -0.3 is 30.2 Å². The Morgan fingerprint density at radius 3 is 1.74 bits per heavy atom. The molecule has 3 aliphatic rings. The van der Waals surface area contributed by atoms with E-state index in [9.17, 15) is 19.5 Å². The number of carboxylic acid groups (broad SMARTS) is 1. The van der Waals surface area contributed by atoms with Crippen LogP contribution in [0.4, 0.5) is 4.79 Å². The van der Waals surface area contributed by atoms with E-state index in [1.165, 1.54) is 32.1 Å². The summed E-state index contributed by atoms with van der Waals surface area (Å²) in [5.41, 5.74) is 6.59. The van der Waals surface area contributed by atoms with Crippen LogP contribution in [0.15, 0.2) is 91.3 Å². The van der Waals surface area contributed by atoms with Crippen molar-refractivity contribution in [2.24, 2.45) is 5.92 Å². The average Bonchev–Trinajstić information content (AvgIpc) is 4.04. The number of imidazole rings is 2. The van der Waals surface area contributed by atoms with Crippen LogP contribution in [0, 0.1) is 5.92 Å². The number of benzene rings is 3.